The summed E-state index contributed by atoms with van der Waals surface area (Å²) in [5, 5.41) is 3.35. The van der Waals surface area contributed by atoms with E-state index < -0.39 is 9.33 Å². The molecule has 0 spiro atoms. The van der Waals surface area contributed by atoms with Crippen molar-refractivity contribution in [1.82, 2.24) is 0 Å². The van der Waals surface area contributed by atoms with E-state index in [1.807, 2.05) is 54.6 Å². The van der Waals surface area contributed by atoms with Crippen LogP contribution in [0.25, 0.3) is 0 Å². The van der Waals surface area contributed by atoms with E-state index in [4.69, 9.17) is 39.5 Å². The molecule has 1 unspecified atom stereocenters. The van der Waals surface area contributed by atoms with Crippen LogP contribution in [0, 0.1) is 0 Å². The molecule has 5 heteroatoms. The largest absolute Gasteiger partial charge is 0.488 e. The van der Waals surface area contributed by atoms with Crippen LogP contribution in [0.15, 0.2) is 54.6 Å². The lowest BCUT2D eigenvalue weighted by molar-refractivity contribution is 0.220. The summed E-state index contributed by atoms with van der Waals surface area (Å²) in [4.78, 5) is 0. The first-order valence-corrected chi connectivity index (χ1v) is 7.29. The summed E-state index contributed by atoms with van der Waals surface area (Å²) in [6, 6.07) is 17.2. The van der Waals surface area contributed by atoms with E-state index in [-0.39, 0.29) is 6.61 Å². The highest BCUT2D eigenvalue weighted by Crippen LogP contribution is 2.50. The number of hydrogen-bond acceptors (Lipinski definition) is 2. The van der Waals surface area contributed by atoms with Gasteiger partial charge in [0.2, 0.25) is 3.79 Å². The van der Waals surface area contributed by atoms with Gasteiger partial charge in [0, 0.05) is 0 Å². The van der Waals surface area contributed by atoms with Crippen molar-refractivity contribution < 1.29 is 4.74 Å². The SMILES string of the molecule is ClC(Cl)(Cl)C1(c2ccccc2)COc2ccccc2N1. The zero-order valence-corrected chi connectivity index (χ0v) is 12.7. The average Bonchev–Trinajstić information content (AvgIpc) is 2.46. The van der Waals surface area contributed by atoms with Gasteiger partial charge in [-0.2, -0.15) is 0 Å². The molecule has 1 aliphatic heterocycles. The molecule has 0 amide bonds. The molecule has 2 aromatic carbocycles. The quantitative estimate of drug-likeness (QED) is 0.762. The Morgan fingerprint density at radius 1 is 0.950 bits per heavy atom. The van der Waals surface area contributed by atoms with Gasteiger partial charge in [-0.1, -0.05) is 77.3 Å². The minimum atomic E-state index is -1.55. The van der Waals surface area contributed by atoms with Crippen LogP contribution in [-0.2, 0) is 5.54 Å². The molecule has 0 aliphatic carbocycles. The van der Waals surface area contributed by atoms with Crippen molar-refractivity contribution in [3.05, 3.63) is 60.2 Å². The summed E-state index contributed by atoms with van der Waals surface area (Å²) in [5.41, 5.74) is 0.760. The summed E-state index contributed by atoms with van der Waals surface area (Å²) in [5.74, 6) is 0.758. The van der Waals surface area contributed by atoms with Crippen molar-refractivity contribution >= 4 is 40.5 Å². The van der Waals surface area contributed by atoms with Crippen LogP contribution in [0.1, 0.15) is 5.56 Å². The Morgan fingerprint density at radius 3 is 2.30 bits per heavy atom. The molecule has 3 rings (SSSR count). The number of hydrogen-bond donors (Lipinski definition) is 1. The summed E-state index contributed by atoms with van der Waals surface area (Å²) >= 11 is 18.8. The molecule has 20 heavy (non-hydrogen) atoms. The molecular weight excluding hydrogens is 317 g/mol. The monoisotopic (exact) mass is 327 g/mol. The van der Waals surface area contributed by atoms with Crippen LogP contribution in [0.5, 0.6) is 5.75 Å². The highest BCUT2D eigenvalue weighted by Gasteiger charge is 2.52. The van der Waals surface area contributed by atoms with Gasteiger partial charge in [-0.25, -0.2) is 0 Å². The van der Waals surface area contributed by atoms with Gasteiger partial charge in [0.25, 0.3) is 0 Å². The van der Waals surface area contributed by atoms with E-state index in [1.165, 1.54) is 0 Å². The van der Waals surface area contributed by atoms with Gasteiger partial charge in [-0.05, 0) is 17.7 Å². The number of alkyl halides is 3. The fourth-order valence-corrected chi connectivity index (χ4v) is 2.98. The maximum atomic E-state index is 6.26. The first-order chi connectivity index (χ1) is 9.53. The molecule has 2 aromatic rings. The summed E-state index contributed by atoms with van der Waals surface area (Å²) in [6.45, 7) is 0.241. The molecule has 0 fully saturated rings. The van der Waals surface area contributed by atoms with Crippen molar-refractivity contribution in [1.29, 1.82) is 0 Å². The Labute approximate surface area is 132 Å². The van der Waals surface area contributed by atoms with Crippen LogP contribution < -0.4 is 10.1 Å². The first kappa shape index (κ1) is 13.9. The van der Waals surface area contributed by atoms with Gasteiger partial charge in [0.1, 0.15) is 17.9 Å². The molecule has 1 N–H and O–H groups in total. The van der Waals surface area contributed by atoms with E-state index in [0.717, 1.165) is 17.0 Å². The molecule has 1 atom stereocenters. The molecule has 0 aromatic heterocycles. The lowest BCUT2D eigenvalue weighted by atomic mass is 9.90. The number of rotatable bonds is 1. The van der Waals surface area contributed by atoms with Gasteiger partial charge < -0.3 is 10.1 Å². The van der Waals surface area contributed by atoms with Crippen LogP contribution in [0.3, 0.4) is 0 Å². The van der Waals surface area contributed by atoms with Gasteiger partial charge in [-0.15, -0.1) is 0 Å². The number of ether oxygens (including phenoxy) is 1. The second-order valence-corrected chi connectivity index (χ2v) is 6.96. The smallest absolute Gasteiger partial charge is 0.220 e. The third kappa shape index (κ3) is 2.22. The fourth-order valence-electron chi connectivity index (χ4n) is 2.34. The Hall–Kier alpha value is -1.09. The summed E-state index contributed by atoms with van der Waals surface area (Å²) in [7, 11) is 0. The number of nitrogens with one attached hydrogen (secondary N) is 1. The molecule has 2 nitrogen and oxygen atoms in total. The fraction of sp³-hybridized carbons (Fsp3) is 0.200. The van der Waals surface area contributed by atoms with E-state index in [9.17, 15) is 0 Å². The Morgan fingerprint density at radius 2 is 1.60 bits per heavy atom. The Bertz CT molecular complexity index is 612. The van der Waals surface area contributed by atoms with Crippen LogP contribution in [0.4, 0.5) is 5.69 Å². The van der Waals surface area contributed by atoms with Crippen molar-refractivity contribution in [3.63, 3.8) is 0 Å². The zero-order valence-electron chi connectivity index (χ0n) is 10.4. The predicted octanol–water partition coefficient (Wildman–Crippen LogP) is 4.76. The topological polar surface area (TPSA) is 21.3 Å². The molecule has 0 bridgehead atoms. The lowest BCUT2D eigenvalue weighted by Gasteiger charge is -2.44. The summed E-state index contributed by atoms with van der Waals surface area (Å²) in [6.07, 6.45) is 0. The summed E-state index contributed by atoms with van der Waals surface area (Å²) < 4.78 is 4.25. The molecule has 1 aliphatic rings. The van der Waals surface area contributed by atoms with Crippen LogP contribution in [-0.4, -0.2) is 10.4 Å². The van der Waals surface area contributed by atoms with E-state index in [2.05, 4.69) is 5.32 Å². The number of halogens is 3. The second kappa shape index (κ2) is 5.03. The second-order valence-electron chi connectivity index (χ2n) is 4.68. The molecule has 0 saturated heterocycles. The molecule has 0 radical (unpaired) electrons. The molecule has 0 saturated carbocycles. The maximum Gasteiger partial charge on any atom is 0.220 e. The predicted molar refractivity (Wildman–Crippen MR) is 84.0 cm³/mol. The van der Waals surface area contributed by atoms with Crippen molar-refractivity contribution in [2.75, 3.05) is 11.9 Å². The van der Waals surface area contributed by atoms with E-state index >= 15 is 0 Å². The van der Waals surface area contributed by atoms with Crippen LogP contribution >= 0.6 is 34.8 Å². The number of fused-ring (bicyclic) bond motifs is 1. The van der Waals surface area contributed by atoms with Crippen LogP contribution in [0.2, 0.25) is 0 Å². The standard InChI is InChI=1S/C15H12Cl3NO/c16-15(17,18)14(11-6-2-1-3-7-11)10-20-13-9-5-4-8-12(13)19-14/h1-9,19H,10H2. The zero-order chi connectivity index (χ0) is 14.2. The lowest BCUT2D eigenvalue weighted by Crippen LogP contribution is -2.53. The average molecular weight is 329 g/mol. The van der Waals surface area contributed by atoms with E-state index in [0.29, 0.717) is 0 Å². The third-order valence-corrected chi connectivity index (χ3v) is 4.40. The number of para-hydroxylation sites is 2. The highest BCUT2D eigenvalue weighted by atomic mass is 35.6. The van der Waals surface area contributed by atoms with E-state index in [1.54, 1.807) is 0 Å². The Kier molecular flexibility index (Phi) is 3.49. The normalized spacial score (nSPS) is 21.6. The minimum absolute atomic E-state index is 0.241. The first-order valence-electron chi connectivity index (χ1n) is 6.15. The highest BCUT2D eigenvalue weighted by molar-refractivity contribution is 6.68. The van der Waals surface area contributed by atoms with Gasteiger partial charge in [0.05, 0.1) is 5.69 Å². The molecule has 104 valence electrons. The van der Waals surface area contributed by atoms with Crippen molar-refractivity contribution in [2.45, 2.75) is 9.33 Å². The van der Waals surface area contributed by atoms with Gasteiger partial charge in [-0.3, -0.25) is 0 Å². The molecule has 1 heterocycles. The van der Waals surface area contributed by atoms with Crippen molar-refractivity contribution in [3.8, 4) is 5.75 Å². The Balaban J connectivity index is 2.11. The van der Waals surface area contributed by atoms with Gasteiger partial charge >= 0.3 is 0 Å². The number of benzene rings is 2. The third-order valence-electron chi connectivity index (χ3n) is 3.43. The number of anilines is 1. The van der Waals surface area contributed by atoms with Gasteiger partial charge in [0.15, 0.2) is 0 Å². The maximum absolute atomic E-state index is 6.26. The molecular formula is C15H12Cl3NO. The minimum Gasteiger partial charge on any atom is -0.488 e. The van der Waals surface area contributed by atoms with Crippen molar-refractivity contribution in [2.24, 2.45) is 0 Å².